The zero-order valence-corrected chi connectivity index (χ0v) is 36.3. The monoisotopic (exact) mass is 844 g/mol. The van der Waals surface area contributed by atoms with E-state index in [1.165, 1.54) is 14.2 Å². The van der Waals surface area contributed by atoms with Crippen molar-refractivity contribution in [2.45, 2.75) is 171 Å². The lowest BCUT2D eigenvalue weighted by Gasteiger charge is -2.59. The molecule has 0 aromatic rings. The summed E-state index contributed by atoms with van der Waals surface area (Å²) in [6.45, 7) is 9.02. The first kappa shape index (κ1) is 39.4. The van der Waals surface area contributed by atoms with Crippen molar-refractivity contribution in [3.63, 3.8) is 0 Å². The number of methoxy groups -OCH3 is 2. The fourth-order valence-corrected chi connectivity index (χ4v) is 18.2. The molecule has 0 bridgehead atoms. The van der Waals surface area contributed by atoms with Gasteiger partial charge >= 0.3 is 23.9 Å². The van der Waals surface area contributed by atoms with Crippen LogP contribution in [0.4, 0.5) is 0 Å². The lowest BCUT2D eigenvalue weighted by atomic mass is 9.41. The minimum Gasteiger partial charge on any atom is -0.469 e. The molecule has 13 heteroatoms. The van der Waals surface area contributed by atoms with Crippen LogP contribution in [0.2, 0.25) is 0 Å². The maximum absolute atomic E-state index is 13.2. The first-order chi connectivity index (χ1) is 28.9. The maximum Gasteiger partial charge on any atom is 0.309 e. The highest BCUT2D eigenvalue weighted by Gasteiger charge is 2.91. The Hall–Kier alpha value is -3.16. The highest BCUT2D eigenvalue weighted by molar-refractivity contribution is 5.92. The van der Waals surface area contributed by atoms with Crippen LogP contribution in [0, 0.1) is 63.1 Å². The molecule has 13 nitrogen and oxygen atoms in total. The number of rotatable bonds is 2. The zero-order valence-electron chi connectivity index (χ0n) is 36.3. The first-order valence-electron chi connectivity index (χ1n) is 23.3. The van der Waals surface area contributed by atoms with Gasteiger partial charge < -0.3 is 33.2 Å². The maximum atomic E-state index is 13.2. The third-order valence-electron chi connectivity index (χ3n) is 21.3. The van der Waals surface area contributed by atoms with Crippen molar-refractivity contribution in [2.75, 3.05) is 14.2 Å². The fourth-order valence-electron chi connectivity index (χ4n) is 18.2. The minimum atomic E-state index is -0.601. The Morgan fingerprint density at radius 2 is 1.39 bits per heavy atom. The Morgan fingerprint density at radius 3 is 2.08 bits per heavy atom. The molecule has 5 saturated heterocycles. The van der Waals surface area contributed by atoms with E-state index >= 15 is 0 Å². The highest BCUT2D eigenvalue weighted by Crippen LogP contribution is 2.82. The van der Waals surface area contributed by atoms with Gasteiger partial charge in [-0.3, -0.25) is 28.8 Å². The van der Waals surface area contributed by atoms with E-state index in [9.17, 15) is 28.8 Å². The quantitative estimate of drug-likeness (QED) is 0.199. The molecule has 0 amide bonds. The van der Waals surface area contributed by atoms with Crippen molar-refractivity contribution < 1.29 is 61.9 Å². The van der Waals surface area contributed by atoms with E-state index in [-0.39, 0.29) is 117 Å². The van der Waals surface area contributed by atoms with Crippen molar-refractivity contribution in [3.8, 4) is 0 Å². The summed E-state index contributed by atoms with van der Waals surface area (Å²) in [6.07, 6.45) is 12.1. The highest BCUT2D eigenvalue weighted by atomic mass is 16.6. The Bertz CT molecular complexity index is 2130. The van der Waals surface area contributed by atoms with Crippen LogP contribution in [0.1, 0.15) is 124 Å². The predicted octanol–water partition coefficient (Wildman–Crippen LogP) is 5.32. The molecular weight excluding hydrogens is 785 g/mol. The second kappa shape index (κ2) is 11.9. The van der Waals surface area contributed by atoms with Crippen molar-refractivity contribution in [3.05, 3.63) is 11.6 Å². The van der Waals surface area contributed by atoms with Gasteiger partial charge in [0.2, 0.25) is 0 Å². The van der Waals surface area contributed by atoms with Crippen LogP contribution < -0.4 is 0 Å². The molecule has 7 saturated carbocycles. The third-order valence-corrected chi connectivity index (χ3v) is 21.3. The molecule has 5 aliphatic heterocycles. The van der Waals surface area contributed by atoms with Gasteiger partial charge in [-0.15, -0.1) is 0 Å². The molecule has 11 unspecified atom stereocenters. The number of hydrogen-bond donors (Lipinski definition) is 0. The van der Waals surface area contributed by atoms with Gasteiger partial charge in [-0.25, -0.2) is 0 Å². The average Bonchev–Trinajstić information content (AvgIpc) is 4.18. The van der Waals surface area contributed by atoms with Crippen LogP contribution in [0.5, 0.6) is 0 Å². The smallest absolute Gasteiger partial charge is 0.309 e. The van der Waals surface area contributed by atoms with Gasteiger partial charge in [0, 0.05) is 53.8 Å². The Balaban J connectivity index is 0.000000131. The molecule has 4 spiro atoms. The minimum absolute atomic E-state index is 0.000380. The molecule has 5 heterocycles. The molecule has 0 aromatic carbocycles. The van der Waals surface area contributed by atoms with Gasteiger partial charge in [0.1, 0.15) is 28.5 Å². The Morgan fingerprint density at radius 1 is 0.721 bits per heavy atom. The summed E-state index contributed by atoms with van der Waals surface area (Å²) in [5.41, 5.74) is -1.74. The van der Waals surface area contributed by atoms with Crippen molar-refractivity contribution in [1.82, 2.24) is 0 Å². The van der Waals surface area contributed by atoms with E-state index in [0.717, 1.165) is 63.4 Å². The van der Waals surface area contributed by atoms with Gasteiger partial charge in [-0.1, -0.05) is 33.3 Å². The van der Waals surface area contributed by atoms with E-state index in [1.54, 1.807) is 6.08 Å². The second-order valence-electron chi connectivity index (χ2n) is 22.6. The van der Waals surface area contributed by atoms with Gasteiger partial charge in [0.05, 0.1) is 44.4 Å². The van der Waals surface area contributed by atoms with Crippen molar-refractivity contribution >= 4 is 35.4 Å². The van der Waals surface area contributed by atoms with Crippen LogP contribution in [0.25, 0.3) is 0 Å². The number of epoxide rings is 3. The average molecular weight is 845 g/mol. The Kier molecular flexibility index (Phi) is 7.72. The number of ketones is 2. The molecular formula is C48H60O13. The predicted molar refractivity (Wildman–Crippen MR) is 210 cm³/mol. The molecule has 12 fully saturated rings. The number of Topliss-reactive ketones (excluding diaryl/α,β-unsaturated/α-hetero) is 1. The van der Waals surface area contributed by atoms with Crippen molar-refractivity contribution in [2.24, 2.45) is 63.1 Å². The topological polar surface area (TPSA) is 177 Å². The second-order valence-corrected chi connectivity index (χ2v) is 22.6. The molecule has 330 valence electrons. The van der Waals surface area contributed by atoms with Crippen LogP contribution in [-0.2, 0) is 61.9 Å². The van der Waals surface area contributed by atoms with Gasteiger partial charge in [0.15, 0.2) is 11.6 Å². The van der Waals surface area contributed by atoms with E-state index in [1.807, 2.05) is 0 Å². The van der Waals surface area contributed by atoms with Gasteiger partial charge in [-0.2, -0.15) is 0 Å². The molecule has 61 heavy (non-hydrogen) atoms. The summed E-state index contributed by atoms with van der Waals surface area (Å²) in [6, 6.07) is 0. The number of hydrogen-bond acceptors (Lipinski definition) is 13. The van der Waals surface area contributed by atoms with E-state index < -0.39 is 28.5 Å². The fraction of sp³-hybridized carbons (Fsp3) is 0.833. The number of ether oxygens (including phenoxy) is 7. The summed E-state index contributed by atoms with van der Waals surface area (Å²) < 4.78 is 42.0. The van der Waals surface area contributed by atoms with Crippen LogP contribution in [0.3, 0.4) is 0 Å². The molecule has 0 radical (unpaired) electrons. The summed E-state index contributed by atoms with van der Waals surface area (Å²) in [5.74, 6) is -0.149. The normalized spacial score (nSPS) is 56.8. The first-order valence-corrected chi connectivity index (χ1v) is 23.3. The molecule has 8 aliphatic carbocycles. The lowest BCUT2D eigenvalue weighted by molar-refractivity contribution is -0.184. The molecule has 19 atom stereocenters. The SMILES string of the molecule is COC(=O)[C@@H]1CC23O[C@@H]2C(=O)CC[C@]3(C)[C@@]23OC2C[C@@]2(C)C(CCC24CCC(=O)O4)C13.COC(=O)[C@@H]1CC2=CC(=O)CC[C@]2(C)C2C3OC3[C@@]3(C)C(CCC34CCC(=O)O4)C21. The van der Waals surface area contributed by atoms with E-state index in [2.05, 4.69) is 27.7 Å². The lowest BCUT2D eigenvalue weighted by Crippen LogP contribution is -2.68. The standard InChI is InChI=1S/C24H30O7.C24H30O6/c1-20-11-15-24(29-15)17(13(20)4-8-22(20)9-6-16(26)30-22)12(19(27)28-3)10-23-18(31-23)14(25)5-7-21(23,24)2;1-22-7-4-13(25)10-12(22)11-14(21(27)28-3)17-15-5-8-24(9-6-16(26)30-24)23(15,2)20-19(29-20)18(17)22/h12-13,15,17-18H,4-11H2,1-3H3;10,14-15,17-20H,4-9,11H2,1-3H3/t12-,13?,15?,17?,18-,20+,21+,22?,23?,24-;14-,15?,17?,18?,19?,20?,22+,23-,24?/m11/s1. The summed E-state index contributed by atoms with van der Waals surface area (Å²) in [4.78, 5) is 75.2. The van der Waals surface area contributed by atoms with Crippen LogP contribution in [-0.4, -0.2) is 96.5 Å². The van der Waals surface area contributed by atoms with E-state index in [4.69, 9.17) is 33.2 Å². The van der Waals surface area contributed by atoms with Crippen LogP contribution >= 0.6 is 0 Å². The van der Waals surface area contributed by atoms with Gasteiger partial charge in [0.25, 0.3) is 0 Å². The van der Waals surface area contributed by atoms with Crippen LogP contribution in [0.15, 0.2) is 11.6 Å². The molecule has 0 aromatic heterocycles. The Labute approximate surface area is 356 Å². The largest absolute Gasteiger partial charge is 0.469 e. The number of carbonyl (C=O) groups is 6. The number of allylic oxidation sites excluding steroid dienone is 1. The summed E-state index contributed by atoms with van der Waals surface area (Å²) in [5, 5.41) is 0. The molecule has 0 N–H and O–H groups in total. The summed E-state index contributed by atoms with van der Waals surface area (Å²) >= 11 is 0. The number of fused-ring (bicyclic) bond motifs is 12. The summed E-state index contributed by atoms with van der Waals surface area (Å²) in [7, 11) is 2.90. The third kappa shape index (κ3) is 4.41. The van der Waals surface area contributed by atoms with Crippen molar-refractivity contribution in [1.29, 1.82) is 0 Å². The molecule has 13 aliphatic rings. The van der Waals surface area contributed by atoms with E-state index in [0.29, 0.717) is 38.5 Å². The van der Waals surface area contributed by atoms with Gasteiger partial charge in [-0.05, 0) is 99.9 Å². The number of esters is 4. The zero-order chi connectivity index (χ0) is 42.7. The molecule has 13 rings (SSSR count). The number of carbonyl (C=O) groups excluding carboxylic acids is 6.